The molecule has 1 aliphatic carbocycles. The van der Waals surface area contributed by atoms with E-state index in [4.69, 9.17) is 4.74 Å². The van der Waals surface area contributed by atoms with Crippen LogP contribution in [0.15, 0.2) is 30.6 Å². The summed E-state index contributed by atoms with van der Waals surface area (Å²) in [7, 11) is 0. The molecule has 0 bridgehead atoms. The van der Waals surface area contributed by atoms with E-state index in [1.165, 1.54) is 0 Å². The molecule has 1 amide bonds. The number of ether oxygens (including phenoxy) is 1. The number of amides is 1. The fourth-order valence-electron chi connectivity index (χ4n) is 4.28. The Kier molecular flexibility index (Phi) is 4.17. The predicted molar refractivity (Wildman–Crippen MR) is 93.1 cm³/mol. The van der Waals surface area contributed by atoms with Crippen molar-refractivity contribution in [1.82, 2.24) is 14.9 Å². The molecule has 6 nitrogen and oxygen atoms in total. The van der Waals surface area contributed by atoms with Crippen LogP contribution in [0.1, 0.15) is 36.5 Å². The zero-order valence-electron chi connectivity index (χ0n) is 14.4. The first-order chi connectivity index (χ1) is 12.2. The summed E-state index contributed by atoms with van der Waals surface area (Å²) in [6.07, 6.45) is 5.32. The van der Waals surface area contributed by atoms with Crippen LogP contribution in [0.4, 0.5) is 0 Å². The Morgan fingerprint density at radius 2 is 2.08 bits per heavy atom. The van der Waals surface area contributed by atoms with E-state index in [0.717, 1.165) is 18.4 Å². The monoisotopic (exact) mass is 341 g/mol. The maximum atomic E-state index is 13.0. The first-order valence-corrected chi connectivity index (χ1v) is 8.94. The molecule has 1 aliphatic heterocycles. The maximum Gasteiger partial charge on any atom is 0.256 e. The molecule has 1 aromatic heterocycles. The summed E-state index contributed by atoms with van der Waals surface area (Å²) in [5.41, 5.74) is 1.79. The predicted octanol–water partition coefficient (Wildman–Crippen LogP) is 2.02. The van der Waals surface area contributed by atoms with Gasteiger partial charge in [0.1, 0.15) is 5.52 Å². The minimum absolute atomic E-state index is 0.0114. The summed E-state index contributed by atoms with van der Waals surface area (Å²) in [6.45, 7) is 3.92. The van der Waals surface area contributed by atoms with Crippen molar-refractivity contribution < 1.29 is 14.6 Å². The van der Waals surface area contributed by atoms with Crippen LogP contribution in [0.2, 0.25) is 0 Å². The van der Waals surface area contributed by atoms with Crippen molar-refractivity contribution in [2.75, 3.05) is 19.7 Å². The van der Waals surface area contributed by atoms with Crippen LogP contribution in [-0.2, 0) is 4.74 Å². The van der Waals surface area contributed by atoms with Gasteiger partial charge in [-0.25, -0.2) is 0 Å². The van der Waals surface area contributed by atoms with Gasteiger partial charge in [-0.3, -0.25) is 14.8 Å². The van der Waals surface area contributed by atoms with Crippen molar-refractivity contribution in [3.8, 4) is 0 Å². The molecular formula is C19H23N3O3. The first-order valence-electron chi connectivity index (χ1n) is 8.94. The van der Waals surface area contributed by atoms with Gasteiger partial charge in [0, 0.05) is 43.9 Å². The van der Waals surface area contributed by atoms with Crippen LogP contribution in [0.25, 0.3) is 11.0 Å². The minimum atomic E-state index is -0.315. The van der Waals surface area contributed by atoms with E-state index in [0.29, 0.717) is 37.2 Å². The summed E-state index contributed by atoms with van der Waals surface area (Å²) >= 11 is 0. The van der Waals surface area contributed by atoms with E-state index in [2.05, 4.69) is 9.97 Å². The van der Waals surface area contributed by atoms with Gasteiger partial charge >= 0.3 is 0 Å². The lowest BCUT2D eigenvalue weighted by Crippen LogP contribution is -2.62. The highest BCUT2D eigenvalue weighted by molar-refractivity contribution is 6.04. The lowest BCUT2D eigenvalue weighted by Gasteiger charge is -2.56. The van der Waals surface area contributed by atoms with Gasteiger partial charge in [-0.05, 0) is 31.9 Å². The second kappa shape index (κ2) is 6.35. The highest BCUT2D eigenvalue weighted by Crippen LogP contribution is 2.51. The van der Waals surface area contributed by atoms with E-state index in [-0.39, 0.29) is 23.5 Å². The molecule has 2 atom stereocenters. The van der Waals surface area contributed by atoms with Crippen molar-refractivity contribution in [1.29, 1.82) is 0 Å². The van der Waals surface area contributed by atoms with Gasteiger partial charge in [-0.15, -0.1) is 0 Å². The number of benzene rings is 1. The highest BCUT2D eigenvalue weighted by atomic mass is 16.5. The number of piperidine rings is 1. The lowest BCUT2D eigenvalue weighted by atomic mass is 9.58. The number of rotatable bonds is 3. The van der Waals surface area contributed by atoms with Crippen LogP contribution in [0, 0.1) is 5.41 Å². The van der Waals surface area contributed by atoms with Gasteiger partial charge in [0.15, 0.2) is 0 Å². The molecule has 1 saturated heterocycles. The van der Waals surface area contributed by atoms with Gasteiger partial charge in [0.25, 0.3) is 5.91 Å². The smallest absolute Gasteiger partial charge is 0.256 e. The Morgan fingerprint density at radius 3 is 2.80 bits per heavy atom. The van der Waals surface area contributed by atoms with Gasteiger partial charge in [-0.2, -0.15) is 0 Å². The number of aromatic nitrogens is 2. The zero-order chi connectivity index (χ0) is 17.4. The Bertz CT molecular complexity index is 779. The molecule has 6 heteroatoms. The van der Waals surface area contributed by atoms with E-state index in [1.54, 1.807) is 12.4 Å². The Balaban J connectivity index is 1.52. The number of hydrogen-bond donors (Lipinski definition) is 1. The Hall–Kier alpha value is -2.05. The second-order valence-corrected chi connectivity index (χ2v) is 6.95. The number of aliphatic hydroxyl groups excluding tert-OH is 1. The minimum Gasteiger partial charge on any atom is -0.392 e. The number of carbonyl (C=O) groups is 1. The first kappa shape index (κ1) is 16.4. The van der Waals surface area contributed by atoms with Crippen molar-refractivity contribution >= 4 is 16.9 Å². The van der Waals surface area contributed by atoms with E-state index in [9.17, 15) is 9.90 Å². The van der Waals surface area contributed by atoms with Gasteiger partial charge in [0.05, 0.1) is 23.3 Å². The van der Waals surface area contributed by atoms with E-state index in [1.807, 2.05) is 30.0 Å². The van der Waals surface area contributed by atoms with Crippen molar-refractivity contribution in [2.24, 2.45) is 5.41 Å². The standard InChI is InChI=1S/C19H23N3O3/c1-2-25-16-12-15(23)19(16)6-10-22(11-7-19)18(24)13-4-3-5-14-17(13)21-9-8-20-14/h3-5,8-9,15-16,23H,2,6-7,10-12H2,1H3. The Labute approximate surface area is 146 Å². The average molecular weight is 341 g/mol. The molecule has 2 heterocycles. The fourth-order valence-corrected chi connectivity index (χ4v) is 4.28. The molecule has 1 spiro atoms. The van der Waals surface area contributed by atoms with Crippen molar-refractivity contribution in [3.63, 3.8) is 0 Å². The SMILES string of the molecule is CCOC1CC(O)C12CCN(C(=O)c1cccc3nccnc13)CC2. The second-order valence-electron chi connectivity index (χ2n) is 6.95. The van der Waals surface area contributed by atoms with Gasteiger partial charge in [0.2, 0.25) is 0 Å². The molecular weight excluding hydrogens is 318 g/mol. The number of carbonyl (C=O) groups excluding carboxylic acids is 1. The topological polar surface area (TPSA) is 75.6 Å². The van der Waals surface area contributed by atoms with Crippen molar-refractivity contribution in [2.45, 2.75) is 38.4 Å². The highest BCUT2D eigenvalue weighted by Gasteiger charge is 2.56. The number of likely N-dealkylation sites (tertiary alicyclic amines) is 1. The Morgan fingerprint density at radius 1 is 1.32 bits per heavy atom. The number of fused-ring (bicyclic) bond motifs is 1. The summed E-state index contributed by atoms with van der Waals surface area (Å²) in [5.74, 6) is -0.0114. The van der Waals surface area contributed by atoms with Crippen LogP contribution >= 0.6 is 0 Å². The summed E-state index contributed by atoms with van der Waals surface area (Å²) in [6, 6.07) is 5.52. The third-order valence-corrected chi connectivity index (χ3v) is 5.82. The van der Waals surface area contributed by atoms with Crippen LogP contribution < -0.4 is 0 Å². The summed E-state index contributed by atoms with van der Waals surface area (Å²) in [5, 5.41) is 10.3. The molecule has 1 saturated carbocycles. The molecule has 2 unspecified atom stereocenters. The maximum absolute atomic E-state index is 13.0. The fraction of sp³-hybridized carbons (Fsp3) is 0.526. The molecule has 2 aromatic rings. The third kappa shape index (κ3) is 2.60. The number of nitrogens with zero attached hydrogens (tertiary/aromatic N) is 3. The largest absolute Gasteiger partial charge is 0.392 e. The lowest BCUT2D eigenvalue weighted by molar-refractivity contribution is -0.207. The summed E-state index contributed by atoms with van der Waals surface area (Å²) < 4.78 is 5.80. The average Bonchev–Trinajstić information content (AvgIpc) is 2.67. The van der Waals surface area contributed by atoms with Gasteiger partial charge in [-0.1, -0.05) is 6.07 Å². The van der Waals surface area contributed by atoms with Gasteiger partial charge < -0.3 is 14.7 Å². The number of hydrogen-bond acceptors (Lipinski definition) is 5. The molecule has 132 valence electrons. The third-order valence-electron chi connectivity index (χ3n) is 5.82. The summed E-state index contributed by atoms with van der Waals surface area (Å²) in [4.78, 5) is 23.5. The number of para-hydroxylation sites is 1. The molecule has 1 aromatic carbocycles. The number of aliphatic hydroxyl groups is 1. The molecule has 0 radical (unpaired) electrons. The van der Waals surface area contributed by atoms with Crippen LogP contribution in [0.3, 0.4) is 0 Å². The normalized spacial score (nSPS) is 25.1. The van der Waals surface area contributed by atoms with E-state index < -0.39 is 0 Å². The van der Waals surface area contributed by atoms with Crippen LogP contribution in [-0.4, -0.2) is 57.8 Å². The molecule has 2 aliphatic rings. The molecule has 1 N–H and O–H groups in total. The molecule has 25 heavy (non-hydrogen) atoms. The van der Waals surface area contributed by atoms with Crippen LogP contribution in [0.5, 0.6) is 0 Å². The van der Waals surface area contributed by atoms with Crippen molar-refractivity contribution in [3.05, 3.63) is 36.2 Å². The van der Waals surface area contributed by atoms with E-state index >= 15 is 0 Å². The molecule has 2 fully saturated rings. The zero-order valence-corrected chi connectivity index (χ0v) is 14.4. The molecule has 4 rings (SSSR count). The quantitative estimate of drug-likeness (QED) is 0.924.